The molecule has 0 radical (unpaired) electrons. The molecule has 1 atom stereocenters. The summed E-state index contributed by atoms with van der Waals surface area (Å²) < 4.78 is 15.2. The van der Waals surface area contributed by atoms with Crippen molar-refractivity contribution >= 4 is 23.2 Å². The lowest BCUT2D eigenvalue weighted by Crippen LogP contribution is -2.68. The molecule has 0 bridgehead atoms. The van der Waals surface area contributed by atoms with Crippen LogP contribution in [0.25, 0.3) is 11.1 Å². The Labute approximate surface area is 249 Å². The SMILES string of the molecule is CC(Cn1cnnn1)Oc1cc(-c2cnc(Nc3cn(C4CC5(C4)CN(C4COC4)C5)nc3C(C)C)nc2)ccc1Cl. The largest absolute Gasteiger partial charge is 0.487 e. The minimum atomic E-state index is -0.184. The maximum Gasteiger partial charge on any atom is 0.227 e. The van der Waals surface area contributed by atoms with E-state index in [-0.39, 0.29) is 12.0 Å². The summed E-state index contributed by atoms with van der Waals surface area (Å²) in [6.45, 7) is 11.0. The maximum atomic E-state index is 6.43. The Hall–Kier alpha value is -3.61. The summed E-state index contributed by atoms with van der Waals surface area (Å²) in [6.07, 6.45) is 9.47. The molecule has 13 heteroatoms. The number of hydrogen-bond acceptors (Lipinski definition) is 10. The van der Waals surface area contributed by atoms with Crippen molar-refractivity contribution in [1.82, 2.24) is 44.9 Å². The van der Waals surface area contributed by atoms with Crippen molar-refractivity contribution < 1.29 is 9.47 Å². The highest BCUT2D eigenvalue weighted by atomic mass is 35.5. The zero-order chi connectivity index (χ0) is 28.8. The number of nitrogens with zero attached hydrogens (tertiary/aromatic N) is 9. The highest BCUT2D eigenvalue weighted by molar-refractivity contribution is 6.32. The third kappa shape index (κ3) is 5.34. The lowest BCUT2D eigenvalue weighted by atomic mass is 9.60. The van der Waals surface area contributed by atoms with Crippen LogP contribution in [0, 0.1) is 5.41 Å². The molecule has 3 aromatic heterocycles. The Balaban J connectivity index is 1.00. The molecule has 3 aliphatic rings. The molecule has 2 saturated heterocycles. The van der Waals surface area contributed by atoms with Crippen molar-refractivity contribution in [2.24, 2.45) is 5.41 Å². The first-order valence-corrected chi connectivity index (χ1v) is 14.9. The van der Waals surface area contributed by atoms with Crippen molar-refractivity contribution in [3.8, 4) is 16.9 Å². The van der Waals surface area contributed by atoms with E-state index < -0.39 is 0 Å². The average Bonchev–Trinajstić information content (AvgIpc) is 3.55. The molecule has 2 aliphatic heterocycles. The molecule has 220 valence electrons. The molecule has 1 spiro atoms. The zero-order valence-electron chi connectivity index (χ0n) is 24.0. The van der Waals surface area contributed by atoms with E-state index in [9.17, 15) is 0 Å². The second-order valence-electron chi connectivity index (χ2n) is 12.2. The van der Waals surface area contributed by atoms with E-state index in [1.54, 1.807) is 23.4 Å². The van der Waals surface area contributed by atoms with Crippen LogP contribution in [0.4, 0.5) is 11.6 Å². The Morgan fingerprint density at radius 3 is 2.55 bits per heavy atom. The number of benzene rings is 1. The van der Waals surface area contributed by atoms with E-state index in [4.69, 9.17) is 26.2 Å². The van der Waals surface area contributed by atoms with Gasteiger partial charge in [0, 0.05) is 37.2 Å². The first-order chi connectivity index (χ1) is 20.3. The van der Waals surface area contributed by atoms with Crippen LogP contribution in [-0.4, -0.2) is 83.3 Å². The molecule has 3 fully saturated rings. The molecule has 7 rings (SSSR count). The van der Waals surface area contributed by atoms with Gasteiger partial charge in [-0.25, -0.2) is 14.6 Å². The van der Waals surface area contributed by atoms with Gasteiger partial charge in [-0.05, 0) is 59.2 Å². The minimum absolute atomic E-state index is 0.184. The quantitative estimate of drug-likeness (QED) is 0.285. The fourth-order valence-corrected chi connectivity index (χ4v) is 6.39. The number of likely N-dealkylation sites (tertiary alicyclic amines) is 1. The Bertz CT molecular complexity index is 1520. The number of ether oxygens (including phenoxy) is 2. The van der Waals surface area contributed by atoms with E-state index in [0.29, 0.717) is 40.8 Å². The number of hydrogen-bond donors (Lipinski definition) is 1. The summed E-state index contributed by atoms with van der Waals surface area (Å²) >= 11 is 6.43. The Morgan fingerprint density at radius 2 is 1.88 bits per heavy atom. The highest BCUT2D eigenvalue weighted by Crippen LogP contribution is 2.55. The molecule has 1 aliphatic carbocycles. The smallest absolute Gasteiger partial charge is 0.227 e. The summed E-state index contributed by atoms with van der Waals surface area (Å²) in [7, 11) is 0. The Kier molecular flexibility index (Phi) is 7.07. The standard InChI is InChI=1S/C29H35ClN10O2/c1-18(2)27-25(12-40(35-27)22-7-29(8-22)15-38(16-29)23-13-41-14-23)34-28-31-9-21(10-32-28)20-4-5-24(30)26(6-20)42-19(3)11-39-17-33-36-37-39/h4-6,9-10,12,17-19,22-23H,7-8,11,13-16H2,1-3H3,(H,31,32,34). The summed E-state index contributed by atoms with van der Waals surface area (Å²) in [4.78, 5) is 11.8. The molecule has 0 amide bonds. The second-order valence-corrected chi connectivity index (χ2v) is 12.7. The molecule has 1 saturated carbocycles. The number of halogens is 1. The molecular weight excluding hydrogens is 556 g/mol. The molecule has 1 unspecified atom stereocenters. The Morgan fingerprint density at radius 1 is 1.10 bits per heavy atom. The van der Waals surface area contributed by atoms with Gasteiger partial charge in [-0.1, -0.05) is 31.5 Å². The van der Waals surface area contributed by atoms with Crippen molar-refractivity contribution in [3.63, 3.8) is 0 Å². The minimum Gasteiger partial charge on any atom is -0.487 e. The lowest BCUT2D eigenvalue weighted by molar-refractivity contribution is -0.165. The molecule has 1 aromatic carbocycles. The van der Waals surface area contributed by atoms with E-state index in [1.807, 2.05) is 25.1 Å². The van der Waals surface area contributed by atoms with Crippen LogP contribution in [0.15, 0.2) is 43.1 Å². The van der Waals surface area contributed by atoms with Crippen molar-refractivity contribution in [3.05, 3.63) is 53.8 Å². The molecule has 5 heterocycles. The highest BCUT2D eigenvalue weighted by Gasteiger charge is 2.55. The summed E-state index contributed by atoms with van der Waals surface area (Å²) in [6, 6.07) is 6.73. The molecule has 12 nitrogen and oxygen atoms in total. The summed E-state index contributed by atoms with van der Waals surface area (Å²) in [5.41, 5.74) is 4.22. The zero-order valence-corrected chi connectivity index (χ0v) is 24.8. The van der Waals surface area contributed by atoms with Gasteiger partial charge in [-0.15, -0.1) is 5.10 Å². The van der Waals surface area contributed by atoms with Crippen LogP contribution in [0.2, 0.25) is 5.02 Å². The topological polar surface area (TPSA) is 121 Å². The molecule has 4 aromatic rings. The third-order valence-corrected chi connectivity index (χ3v) is 8.87. The van der Waals surface area contributed by atoms with Gasteiger partial charge in [0.15, 0.2) is 0 Å². The van der Waals surface area contributed by atoms with Gasteiger partial charge >= 0.3 is 0 Å². The predicted molar refractivity (Wildman–Crippen MR) is 157 cm³/mol. The molecule has 1 N–H and O–H groups in total. The van der Waals surface area contributed by atoms with E-state index in [0.717, 1.165) is 35.7 Å². The number of tetrazole rings is 1. The van der Waals surface area contributed by atoms with Crippen LogP contribution < -0.4 is 10.1 Å². The monoisotopic (exact) mass is 590 g/mol. The van der Waals surface area contributed by atoms with E-state index >= 15 is 0 Å². The predicted octanol–water partition coefficient (Wildman–Crippen LogP) is 4.35. The van der Waals surface area contributed by atoms with E-state index in [1.165, 1.54) is 25.9 Å². The van der Waals surface area contributed by atoms with Gasteiger partial charge in [0.25, 0.3) is 0 Å². The summed E-state index contributed by atoms with van der Waals surface area (Å²) in [5.74, 6) is 1.38. The summed E-state index contributed by atoms with van der Waals surface area (Å²) in [5, 5.41) is 20.1. The normalized spacial score (nSPS) is 19.4. The van der Waals surface area contributed by atoms with Gasteiger partial charge in [-0.2, -0.15) is 5.10 Å². The van der Waals surface area contributed by atoms with Gasteiger partial charge in [0.1, 0.15) is 18.2 Å². The fourth-order valence-electron chi connectivity index (χ4n) is 6.22. The fraction of sp³-hybridized carbons (Fsp3) is 0.517. The number of aromatic nitrogens is 8. The van der Waals surface area contributed by atoms with Crippen molar-refractivity contribution in [1.29, 1.82) is 0 Å². The van der Waals surface area contributed by atoms with Crippen LogP contribution >= 0.6 is 11.6 Å². The van der Waals surface area contributed by atoms with Crippen LogP contribution in [-0.2, 0) is 11.3 Å². The number of rotatable bonds is 10. The first kappa shape index (κ1) is 27.2. The molecular formula is C29H35ClN10O2. The van der Waals surface area contributed by atoms with Crippen molar-refractivity contribution in [2.45, 2.75) is 64.3 Å². The van der Waals surface area contributed by atoms with Gasteiger partial charge < -0.3 is 14.8 Å². The van der Waals surface area contributed by atoms with Gasteiger partial charge in [-0.3, -0.25) is 9.58 Å². The van der Waals surface area contributed by atoms with Crippen molar-refractivity contribution in [2.75, 3.05) is 31.6 Å². The van der Waals surface area contributed by atoms with Crippen LogP contribution in [0.5, 0.6) is 5.75 Å². The van der Waals surface area contributed by atoms with Crippen LogP contribution in [0.1, 0.15) is 51.3 Å². The third-order valence-electron chi connectivity index (χ3n) is 8.56. The first-order valence-electron chi connectivity index (χ1n) is 14.5. The second kappa shape index (κ2) is 10.9. The van der Waals surface area contributed by atoms with Gasteiger partial charge in [0.05, 0.1) is 48.2 Å². The maximum absolute atomic E-state index is 6.43. The lowest BCUT2D eigenvalue weighted by Gasteiger charge is -2.61. The number of anilines is 2. The van der Waals surface area contributed by atoms with E-state index in [2.05, 4.69) is 60.4 Å². The number of nitrogens with one attached hydrogen (secondary N) is 1. The average molecular weight is 591 g/mol. The molecule has 42 heavy (non-hydrogen) atoms. The van der Waals surface area contributed by atoms with Crippen LogP contribution in [0.3, 0.4) is 0 Å². The van der Waals surface area contributed by atoms with Gasteiger partial charge in [0.2, 0.25) is 5.95 Å².